The normalized spacial score (nSPS) is 16.2. The van der Waals surface area contributed by atoms with E-state index >= 15 is 0 Å². The lowest BCUT2D eigenvalue weighted by atomic mass is 9.98. The third kappa shape index (κ3) is 8.61. The Morgan fingerprint density at radius 3 is 2.45 bits per heavy atom. The van der Waals surface area contributed by atoms with Gasteiger partial charge in [-0.05, 0) is 54.2 Å². The predicted octanol–water partition coefficient (Wildman–Crippen LogP) is 6.74. The second-order valence-corrected chi connectivity index (χ2v) is 17.7. The number of hydrogen-bond donors (Lipinski definition) is 3. The average Bonchev–Trinajstić information content (AvgIpc) is 3.57. The molecule has 53 heavy (non-hydrogen) atoms. The number of piperidine rings is 1. The van der Waals surface area contributed by atoms with E-state index in [2.05, 4.69) is 61.7 Å². The van der Waals surface area contributed by atoms with Crippen LogP contribution in [0.15, 0.2) is 65.7 Å². The zero-order valence-corrected chi connectivity index (χ0v) is 32.1. The van der Waals surface area contributed by atoms with E-state index in [9.17, 15) is 17.7 Å². The van der Waals surface area contributed by atoms with Crippen molar-refractivity contribution in [2.75, 3.05) is 74.7 Å². The summed E-state index contributed by atoms with van der Waals surface area (Å²) in [4.78, 5) is 18.4. The summed E-state index contributed by atoms with van der Waals surface area (Å²) < 4.78 is 62.0. The van der Waals surface area contributed by atoms with Crippen LogP contribution in [-0.2, 0) is 11.6 Å². The smallest absolute Gasteiger partial charge is 0.422 e. The van der Waals surface area contributed by atoms with E-state index in [-0.39, 0.29) is 17.4 Å². The quantitative estimate of drug-likeness (QED) is 0.130. The Labute approximate surface area is 314 Å². The fourth-order valence-corrected chi connectivity index (χ4v) is 8.83. The van der Waals surface area contributed by atoms with E-state index in [1.165, 1.54) is 6.20 Å². The molecule has 7 rings (SSSR count). The molecular formula is C36H41BrF3N10O2P. The number of piperazine rings is 1. The Balaban J connectivity index is 1.24. The number of alkyl halides is 3. The third-order valence-corrected chi connectivity index (χ3v) is 11.6. The SMILES string of the molecule is Cn1cc(-c2cc(Nc3ncc(Br)c(Nc4cnc5ccccc5c4P(C)(C)=O)n3)c(OCC(F)(F)F)cc2N2CCC(N3CCNCC3)CC2)cn1. The molecule has 2 aliphatic rings. The van der Waals surface area contributed by atoms with Gasteiger partial charge in [0.1, 0.15) is 18.7 Å². The van der Waals surface area contributed by atoms with Crippen molar-refractivity contribution in [1.29, 1.82) is 0 Å². The number of nitrogens with zero attached hydrogens (tertiary/aromatic N) is 7. The molecule has 2 aromatic carbocycles. The molecular weight excluding hydrogens is 772 g/mol. The molecule has 0 saturated carbocycles. The maximum Gasteiger partial charge on any atom is 0.422 e. The molecule has 2 fully saturated rings. The van der Waals surface area contributed by atoms with Crippen LogP contribution in [0, 0.1) is 0 Å². The van der Waals surface area contributed by atoms with Gasteiger partial charge in [0, 0.05) is 98.3 Å². The summed E-state index contributed by atoms with van der Waals surface area (Å²) >= 11 is 3.51. The molecule has 5 aromatic rings. The van der Waals surface area contributed by atoms with Crippen molar-refractivity contribution >= 4 is 68.1 Å². The number of anilines is 5. The Bertz CT molecular complexity index is 2150. The molecule has 3 N–H and O–H groups in total. The van der Waals surface area contributed by atoms with Crippen molar-refractivity contribution in [2.45, 2.75) is 25.1 Å². The lowest BCUT2D eigenvalue weighted by molar-refractivity contribution is -0.153. The first-order valence-electron chi connectivity index (χ1n) is 17.4. The molecule has 17 heteroatoms. The molecule has 3 aromatic heterocycles. The van der Waals surface area contributed by atoms with Gasteiger partial charge in [0.05, 0.1) is 33.8 Å². The van der Waals surface area contributed by atoms with Gasteiger partial charge >= 0.3 is 6.18 Å². The summed E-state index contributed by atoms with van der Waals surface area (Å²) in [6, 6.07) is 11.4. The van der Waals surface area contributed by atoms with Gasteiger partial charge in [-0.15, -0.1) is 0 Å². The molecule has 0 atom stereocenters. The molecule has 2 aliphatic heterocycles. The highest BCUT2D eigenvalue weighted by Crippen LogP contribution is 2.43. The fraction of sp³-hybridized carbons (Fsp3) is 0.389. The summed E-state index contributed by atoms with van der Waals surface area (Å²) in [7, 11) is -0.992. The molecule has 0 aliphatic carbocycles. The number of para-hydroxylation sites is 1. The number of pyridine rings is 1. The van der Waals surface area contributed by atoms with Crippen molar-refractivity contribution in [3.05, 3.63) is 65.7 Å². The maximum atomic E-state index is 13.6. The standard InChI is InChI=1S/C36H41BrF3N10O2P/c1-48-21-23(18-44-48)26-16-29(32(52-22-36(38,39)40)17-31(26)50-12-8-24(9-13-50)49-14-10-41-11-15-49)46-35-43-19-27(37)34(47-35)45-30-20-42-28-7-5-4-6-25(28)33(30)53(2,3)51/h4-7,16-21,24,41H,8-15,22H2,1-3H3,(H2,43,45,46,47). The van der Waals surface area contributed by atoms with Crippen molar-refractivity contribution in [2.24, 2.45) is 7.05 Å². The minimum atomic E-state index is -4.56. The molecule has 0 radical (unpaired) electrons. The number of aryl methyl sites for hydroxylation is 1. The van der Waals surface area contributed by atoms with Crippen LogP contribution in [0.4, 0.5) is 42.0 Å². The number of nitrogens with one attached hydrogen (secondary N) is 3. The number of fused-ring (bicyclic) bond motifs is 1. The van der Waals surface area contributed by atoms with Crippen molar-refractivity contribution in [3.8, 4) is 16.9 Å². The Kier molecular flexibility index (Phi) is 10.7. The molecule has 0 spiro atoms. The Morgan fingerprint density at radius 1 is 1.00 bits per heavy atom. The van der Waals surface area contributed by atoms with Gasteiger partial charge in [0.2, 0.25) is 5.95 Å². The van der Waals surface area contributed by atoms with Crippen molar-refractivity contribution in [1.82, 2.24) is 34.9 Å². The Morgan fingerprint density at radius 2 is 1.75 bits per heavy atom. The number of halogens is 4. The van der Waals surface area contributed by atoms with Crippen LogP contribution >= 0.6 is 23.1 Å². The molecule has 2 saturated heterocycles. The minimum absolute atomic E-state index is 0.00846. The van der Waals surface area contributed by atoms with Crippen molar-refractivity contribution < 1.29 is 22.5 Å². The molecule has 280 valence electrons. The minimum Gasteiger partial charge on any atom is -0.482 e. The summed E-state index contributed by atoms with van der Waals surface area (Å²) in [6.45, 7) is 7.37. The van der Waals surface area contributed by atoms with Gasteiger partial charge in [0.25, 0.3) is 0 Å². The third-order valence-electron chi connectivity index (χ3n) is 9.51. The number of benzene rings is 2. The number of rotatable bonds is 10. The van der Waals surface area contributed by atoms with Gasteiger partial charge in [-0.2, -0.15) is 23.3 Å². The van der Waals surface area contributed by atoms with E-state index in [0.29, 0.717) is 32.8 Å². The van der Waals surface area contributed by atoms with Gasteiger partial charge in [-0.1, -0.05) is 18.2 Å². The van der Waals surface area contributed by atoms with Crippen LogP contribution in [0.1, 0.15) is 12.8 Å². The van der Waals surface area contributed by atoms with E-state index in [1.807, 2.05) is 37.5 Å². The van der Waals surface area contributed by atoms with E-state index < -0.39 is 19.9 Å². The van der Waals surface area contributed by atoms with Gasteiger partial charge in [0.15, 0.2) is 6.61 Å². The topological polar surface area (TPSA) is 125 Å². The predicted molar refractivity (Wildman–Crippen MR) is 207 cm³/mol. The van der Waals surface area contributed by atoms with E-state index in [4.69, 9.17) is 4.74 Å². The van der Waals surface area contributed by atoms with Crippen LogP contribution in [-0.4, -0.2) is 101 Å². The lowest BCUT2D eigenvalue weighted by Gasteiger charge is -2.41. The second kappa shape index (κ2) is 15.2. The zero-order valence-electron chi connectivity index (χ0n) is 29.6. The Hall–Kier alpha value is -4.24. The van der Waals surface area contributed by atoms with Gasteiger partial charge < -0.3 is 30.2 Å². The van der Waals surface area contributed by atoms with Crippen LogP contribution in [0.2, 0.25) is 0 Å². The van der Waals surface area contributed by atoms with Gasteiger partial charge in [-0.25, -0.2) is 4.98 Å². The number of ether oxygens (including phenoxy) is 1. The molecule has 12 nitrogen and oxygen atoms in total. The van der Waals surface area contributed by atoms with Gasteiger partial charge in [-0.3, -0.25) is 14.6 Å². The second-order valence-electron chi connectivity index (χ2n) is 13.7. The van der Waals surface area contributed by atoms with E-state index in [1.54, 1.807) is 42.5 Å². The first-order valence-corrected chi connectivity index (χ1v) is 20.8. The summed E-state index contributed by atoms with van der Waals surface area (Å²) in [6.07, 6.45) is 4.07. The number of hydrogen-bond acceptors (Lipinski definition) is 11. The maximum absolute atomic E-state index is 13.6. The van der Waals surface area contributed by atoms with Crippen LogP contribution in [0.3, 0.4) is 0 Å². The fourth-order valence-electron chi connectivity index (χ4n) is 7.08. The van der Waals surface area contributed by atoms with Crippen LogP contribution < -0.4 is 30.9 Å². The summed E-state index contributed by atoms with van der Waals surface area (Å²) in [5, 5.41) is 15.6. The first-order chi connectivity index (χ1) is 25.3. The number of aromatic nitrogens is 5. The largest absolute Gasteiger partial charge is 0.482 e. The highest BCUT2D eigenvalue weighted by atomic mass is 79.9. The van der Waals surface area contributed by atoms with E-state index in [0.717, 1.165) is 74.3 Å². The monoisotopic (exact) mass is 812 g/mol. The highest BCUT2D eigenvalue weighted by molar-refractivity contribution is 9.10. The van der Waals surface area contributed by atoms with Crippen LogP contribution in [0.25, 0.3) is 22.0 Å². The lowest BCUT2D eigenvalue weighted by Crippen LogP contribution is -2.52. The summed E-state index contributed by atoms with van der Waals surface area (Å²) in [5.41, 5.74) is 3.82. The molecule has 5 heterocycles. The zero-order chi connectivity index (χ0) is 37.3. The summed E-state index contributed by atoms with van der Waals surface area (Å²) in [5.74, 6) is 0.443. The van der Waals surface area contributed by atoms with Crippen LogP contribution in [0.5, 0.6) is 5.75 Å². The average molecular weight is 814 g/mol. The molecule has 0 amide bonds. The highest BCUT2D eigenvalue weighted by Gasteiger charge is 2.31. The van der Waals surface area contributed by atoms with Crippen molar-refractivity contribution in [3.63, 3.8) is 0 Å². The molecule has 0 bridgehead atoms. The first kappa shape index (κ1) is 37.1. The molecule has 0 unspecified atom stereocenters.